The van der Waals surface area contributed by atoms with Crippen molar-refractivity contribution in [1.82, 2.24) is 5.06 Å². The lowest BCUT2D eigenvalue weighted by Gasteiger charge is -2.02. The number of nitrogens with zero attached hydrogens (tertiary/aromatic N) is 1. The van der Waals surface area contributed by atoms with E-state index in [4.69, 9.17) is 4.84 Å². The van der Waals surface area contributed by atoms with E-state index in [1.807, 2.05) is 6.08 Å². The van der Waals surface area contributed by atoms with Crippen LogP contribution in [-0.2, 0) is 4.84 Å². The van der Waals surface area contributed by atoms with Crippen LogP contribution < -0.4 is 0 Å². The molecule has 0 aromatic heterocycles. The Kier molecular flexibility index (Phi) is 0.801. The van der Waals surface area contributed by atoms with E-state index in [-0.39, 0.29) is 0 Å². The van der Waals surface area contributed by atoms with Crippen LogP contribution in [0.2, 0.25) is 0 Å². The molecule has 2 nitrogen and oxygen atoms in total. The highest BCUT2D eigenvalue weighted by Gasteiger charge is 1.93. The van der Waals surface area contributed by atoms with E-state index in [9.17, 15) is 0 Å². The zero-order chi connectivity index (χ0) is 4.41. The molecule has 0 atom stereocenters. The molecule has 0 amide bonds. The van der Waals surface area contributed by atoms with Crippen molar-refractivity contribution in [3.05, 3.63) is 19.3 Å². The predicted octanol–water partition coefficient (Wildman–Crippen LogP) is 0.539. The summed E-state index contributed by atoms with van der Waals surface area (Å²) in [6, 6.07) is 0. The first-order chi connectivity index (χ1) is 2.89. The summed E-state index contributed by atoms with van der Waals surface area (Å²) in [7, 11) is 3.46. The van der Waals surface area contributed by atoms with E-state index in [2.05, 4.69) is 7.05 Å². The van der Waals surface area contributed by atoms with E-state index >= 15 is 0 Å². The highest BCUT2D eigenvalue weighted by molar-refractivity contribution is 4.82. The van der Waals surface area contributed by atoms with Crippen LogP contribution >= 0.6 is 0 Å². The first-order valence-electron chi connectivity index (χ1n) is 1.79. The predicted molar refractivity (Wildman–Crippen MR) is 22.3 cm³/mol. The van der Waals surface area contributed by atoms with Crippen molar-refractivity contribution in [2.75, 3.05) is 6.61 Å². The van der Waals surface area contributed by atoms with Crippen LogP contribution in [0.4, 0.5) is 0 Å². The van der Waals surface area contributed by atoms with Crippen LogP contribution in [0.5, 0.6) is 0 Å². The van der Waals surface area contributed by atoms with Crippen molar-refractivity contribution in [3.8, 4) is 0 Å². The van der Waals surface area contributed by atoms with Gasteiger partial charge in [-0.3, -0.25) is 9.90 Å². The number of rotatable bonds is 0. The van der Waals surface area contributed by atoms with Gasteiger partial charge < -0.3 is 0 Å². The number of hydrogen-bond donors (Lipinski definition) is 0. The third-order valence-electron chi connectivity index (χ3n) is 0.608. The van der Waals surface area contributed by atoms with Crippen LogP contribution in [0.25, 0.3) is 0 Å². The van der Waals surface area contributed by atoms with Gasteiger partial charge in [0.05, 0.1) is 13.7 Å². The average Bonchev–Trinajstić information content (AvgIpc) is 1.86. The summed E-state index contributed by atoms with van der Waals surface area (Å²) in [6.07, 6.45) is 3.67. The molecule has 0 aromatic rings. The lowest BCUT2D eigenvalue weighted by Crippen LogP contribution is -2.00. The highest BCUT2D eigenvalue weighted by Crippen LogP contribution is 1.95. The average molecular weight is 84.1 g/mol. The van der Waals surface area contributed by atoms with E-state index in [1.165, 1.54) is 5.06 Å². The molecule has 0 bridgehead atoms. The molecule has 0 aliphatic carbocycles. The zero-order valence-electron chi connectivity index (χ0n) is 3.42. The van der Waals surface area contributed by atoms with E-state index in [0.717, 1.165) is 0 Å². The minimum atomic E-state index is 0.670. The van der Waals surface area contributed by atoms with Crippen LogP contribution in [0, 0.1) is 7.05 Å². The normalized spacial score (nSPS) is 19.8. The Balaban J connectivity index is 2.38. The molecule has 1 rings (SSSR count). The second kappa shape index (κ2) is 1.30. The molecule has 0 spiro atoms. The minimum Gasteiger partial charge on any atom is -0.270 e. The molecule has 1 aliphatic heterocycles. The van der Waals surface area contributed by atoms with Gasteiger partial charge in [-0.25, -0.2) is 0 Å². The number of hydrogen-bond acceptors (Lipinski definition) is 2. The summed E-state index contributed by atoms with van der Waals surface area (Å²) in [5.74, 6) is 0. The van der Waals surface area contributed by atoms with Gasteiger partial charge in [0.1, 0.15) is 0 Å². The van der Waals surface area contributed by atoms with E-state index in [0.29, 0.717) is 6.61 Å². The van der Waals surface area contributed by atoms with Gasteiger partial charge in [0.15, 0.2) is 0 Å². The van der Waals surface area contributed by atoms with Crippen molar-refractivity contribution in [2.24, 2.45) is 0 Å². The standard InChI is InChI=1S/C4H6NO/c1-5-3-2-4-6-5/h2-3H,1,4H2. The van der Waals surface area contributed by atoms with Gasteiger partial charge in [-0.1, -0.05) is 0 Å². The largest absolute Gasteiger partial charge is 0.270 e. The third kappa shape index (κ3) is 0.518. The molecule has 0 N–H and O–H groups in total. The minimum absolute atomic E-state index is 0.670. The Labute approximate surface area is 37.0 Å². The van der Waals surface area contributed by atoms with Gasteiger partial charge in [-0.05, 0) is 6.08 Å². The highest BCUT2D eigenvalue weighted by atomic mass is 16.7. The summed E-state index contributed by atoms with van der Waals surface area (Å²) >= 11 is 0. The quantitative estimate of drug-likeness (QED) is 0.424. The molecule has 0 aromatic carbocycles. The molecule has 0 fully saturated rings. The Hall–Kier alpha value is -0.500. The van der Waals surface area contributed by atoms with Gasteiger partial charge in [-0.2, -0.15) is 0 Å². The second-order valence-electron chi connectivity index (χ2n) is 1.10. The Morgan fingerprint density at radius 1 is 1.83 bits per heavy atom. The van der Waals surface area contributed by atoms with E-state index in [1.54, 1.807) is 6.20 Å². The monoisotopic (exact) mass is 84.0 g/mol. The van der Waals surface area contributed by atoms with Gasteiger partial charge in [0.2, 0.25) is 0 Å². The third-order valence-corrected chi connectivity index (χ3v) is 0.608. The molecular formula is C4H6NO. The zero-order valence-corrected chi connectivity index (χ0v) is 3.42. The van der Waals surface area contributed by atoms with Crippen molar-refractivity contribution < 1.29 is 4.84 Å². The Bertz CT molecular complexity index is 69.9. The first kappa shape index (κ1) is 3.68. The molecule has 1 heterocycles. The molecule has 0 saturated heterocycles. The summed E-state index contributed by atoms with van der Waals surface area (Å²) in [5, 5.41) is 1.43. The van der Waals surface area contributed by atoms with Crippen LogP contribution in [0.1, 0.15) is 0 Å². The maximum Gasteiger partial charge on any atom is 0.0947 e. The van der Waals surface area contributed by atoms with Gasteiger partial charge >= 0.3 is 0 Å². The molecule has 6 heavy (non-hydrogen) atoms. The summed E-state index contributed by atoms with van der Waals surface area (Å²) in [4.78, 5) is 4.76. The second-order valence-corrected chi connectivity index (χ2v) is 1.10. The summed E-state index contributed by atoms with van der Waals surface area (Å²) in [6.45, 7) is 0.670. The molecule has 1 aliphatic rings. The lowest BCUT2D eigenvalue weighted by molar-refractivity contribution is -0.0504. The fraction of sp³-hybridized carbons (Fsp3) is 0.250. The fourth-order valence-corrected chi connectivity index (χ4v) is 0.342. The van der Waals surface area contributed by atoms with E-state index < -0.39 is 0 Å². The topological polar surface area (TPSA) is 12.5 Å². The Morgan fingerprint density at radius 2 is 2.67 bits per heavy atom. The molecule has 33 valence electrons. The van der Waals surface area contributed by atoms with Crippen molar-refractivity contribution >= 4 is 0 Å². The Morgan fingerprint density at radius 3 is 2.83 bits per heavy atom. The van der Waals surface area contributed by atoms with Crippen molar-refractivity contribution in [2.45, 2.75) is 0 Å². The summed E-state index contributed by atoms with van der Waals surface area (Å²) in [5.41, 5.74) is 0. The molecule has 0 unspecified atom stereocenters. The molecule has 0 saturated carbocycles. The van der Waals surface area contributed by atoms with Gasteiger partial charge in [-0.15, -0.1) is 0 Å². The lowest BCUT2D eigenvalue weighted by atomic mass is 10.7. The smallest absolute Gasteiger partial charge is 0.0947 e. The molecular weight excluding hydrogens is 78.0 g/mol. The van der Waals surface area contributed by atoms with Gasteiger partial charge in [0.25, 0.3) is 0 Å². The first-order valence-corrected chi connectivity index (χ1v) is 1.79. The maximum absolute atomic E-state index is 4.76. The van der Waals surface area contributed by atoms with Crippen LogP contribution in [0.3, 0.4) is 0 Å². The van der Waals surface area contributed by atoms with Crippen molar-refractivity contribution in [1.29, 1.82) is 0 Å². The maximum atomic E-state index is 4.76. The number of hydroxylamine groups is 2. The van der Waals surface area contributed by atoms with Crippen LogP contribution in [-0.4, -0.2) is 11.7 Å². The molecule has 2 heteroatoms. The SMILES string of the molecule is [CH2]N1C=CCO1. The molecule has 1 radical (unpaired) electrons. The fourth-order valence-electron chi connectivity index (χ4n) is 0.342. The van der Waals surface area contributed by atoms with Crippen LogP contribution in [0.15, 0.2) is 12.3 Å². The van der Waals surface area contributed by atoms with Gasteiger partial charge in [0, 0.05) is 6.20 Å². The summed E-state index contributed by atoms with van der Waals surface area (Å²) < 4.78 is 0. The van der Waals surface area contributed by atoms with Crippen molar-refractivity contribution in [3.63, 3.8) is 0 Å².